The third kappa shape index (κ3) is 3.35. The van der Waals surface area contributed by atoms with Crippen LogP contribution in [0.15, 0.2) is 22.7 Å². The predicted octanol–water partition coefficient (Wildman–Crippen LogP) is 4.22. The van der Waals surface area contributed by atoms with Gasteiger partial charge in [0.25, 0.3) is 0 Å². The number of anilines is 1. The highest BCUT2D eigenvalue weighted by atomic mass is 79.9. The molecular formula is C16H20BrN3O. The van der Waals surface area contributed by atoms with Gasteiger partial charge in [-0.1, -0.05) is 22.9 Å². The highest BCUT2D eigenvalue weighted by molar-refractivity contribution is 9.10. The summed E-state index contributed by atoms with van der Waals surface area (Å²) >= 11 is 3.56. The van der Waals surface area contributed by atoms with Crippen LogP contribution in [0, 0.1) is 6.92 Å². The second-order valence-corrected chi connectivity index (χ2v) is 5.54. The maximum atomic E-state index is 5.29. The summed E-state index contributed by atoms with van der Waals surface area (Å²) in [6, 6.07) is 5.81. The first-order valence-corrected chi connectivity index (χ1v) is 7.85. The molecule has 1 aromatic heterocycles. The van der Waals surface area contributed by atoms with Crippen LogP contribution >= 0.6 is 15.9 Å². The van der Waals surface area contributed by atoms with Gasteiger partial charge in [-0.05, 0) is 38.5 Å². The van der Waals surface area contributed by atoms with E-state index in [1.807, 2.05) is 25.1 Å². The molecule has 1 aromatic carbocycles. The lowest BCUT2D eigenvalue weighted by molar-refractivity contribution is 0.415. The molecule has 0 atom stereocenters. The van der Waals surface area contributed by atoms with Crippen molar-refractivity contribution in [3.05, 3.63) is 33.9 Å². The van der Waals surface area contributed by atoms with E-state index in [9.17, 15) is 0 Å². The summed E-state index contributed by atoms with van der Waals surface area (Å²) < 4.78 is 6.25. The van der Waals surface area contributed by atoms with Gasteiger partial charge in [0.1, 0.15) is 11.6 Å². The lowest BCUT2D eigenvalue weighted by Crippen LogP contribution is -2.08. The maximum Gasteiger partial charge on any atom is 0.163 e. The molecular weight excluding hydrogens is 330 g/mol. The second-order valence-electron chi connectivity index (χ2n) is 4.69. The number of methoxy groups -OCH3 is 1. The van der Waals surface area contributed by atoms with Crippen molar-refractivity contribution in [2.24, 2.45) is 0 Å². The van der Waals surface area contributed by atoms with Crippen molar-refractivity contribution in [2.45, 2.75) is 27.2 Å². The van der Waals surface area contributed by atoms with Gasteiger partial charge < -0.3 is 10.1 Å². The molecule has 0 spiro atoms. The summed E-state index contributed by atoms with van der Waals surface area (Å²) in [6.07, 6.45) is 0.910. The second kappa shape index (κ2) is 6.89. The van der Waals surface area contributed by atoms with Crippen molar-refractivity contribution >= 4 is 21.7 Å². The first kappa shape index (κ1) is 15.8. The lowest BCUT2D eigenvalue weighted by atomic mass is 10.1. The predicted molar refractivity (Wildman–Crippen MR) is 90.0 cm³/mol. The third-order valence-corrected chi connectivity index (χ3v) is 4.02. The zero-order valence-corrected chi connectivity index (χ0v) is 14.4. The van der Waals surface area contributed by atoms with Gasteiger partial charge in [-0.2, -0.15) is 0 Å². The van der Waals surface area contributed by atoms with Crippen LogP contribution in [0.1, 0.15) is 25.1 Å². The molecule has 0 aliphatic heterocycles. The number of ether oxygens (including phenoxy) is 1. The fourth-order valence-corrected chi connectivity index (χ4v) is 2.68. The number of nitrogens with one attached hydrogen (secondary N) is 1. The average molecular weight is 350 g/mol. The largest absolute Gasteiger partial charge is 0.497 e. The van der Waals surface area contributed by atoms with Crippen LogP contribution in [0.4, 0.5) is 5.82 Å². The summed E-state index contributed by atoms with van der Waals surface area (Å²) in [5, 5.41) is 3.33. The average Bonchev–Trinajstić information content (AvgIpc) is 2.48. The zero-order chi connectivity index (χ0) is 15.4. The summed E-state index contributed by atoms with van der Waals surface area (Å²) in [7, 11) is 1.66. The summed E-state index contributed by atoms with van der Waals surface area (Å²) in [5.41, 5.74) is 3.10. The Morgan fingerprint density at radius 1 is 1.24 bits per heavy atom. The third-order valence-electron chi connectivity index (χ3n) is 3.33. The molecule has 0 aliphatic rings. The Morgan fingerprint density at radius 2 is 2.00 bits per heavy atom. The summed E-state index contributed by atoms with van der Waals surface area (Å²) in [5.74, 6) is 2.41. The molecule has 112 valence electrons. The monoisotopic (exact) mass is 349 g/mol. The molecule has 0 unspecified atom stereocenters. The minimum Gasteiger partial charge on any atom is -0.497 e. The van der Waals surface area contributed by atoms with Crippen LogP contribution in [0.2, 0.25) is 0 Å². The molecule has 0 saturated heterocycles. The number of rotatable bonds is 5. The molecule has 0 bridgehead atoms. The van der Waals surface area contributed by atoms with E-state index in [0.717, 1.165) is 40.3 Å². The van der Waals surface area contributed by atoms with Crippen LogP contribution in [0.3, 0.4) is 0 Å². The molecule has 0 saturated carbocycles. The molecule has 0 radical (unpaired) electrons. The van der Waals surface area contributed by atoms with E-state index in [1.165, 1.54) is 5.56 Å². The molecule has 21 heavy (non-hydrogen) atoms. The SMILES string of the molecule is CCNc1nc(-c2cc(OC)ccc2Br)nc(C)c1CC. The number of hydrogen-bond donors (Lipinski definition) is 1. The van der Waals surface area contributed by atoms with Gasteiger partial charge in [-0.15, -0.1) is 0 Å². The van der Waals surface area contributed by atoms with Crippen LogP contribution < -0.4 is 10.1 Å². The first-order valence-electron chi connectivity index (χ1n) is 7.06. The van der Waals surface area contributed by atoms with Gasteiger partial charge in [0, 0.05) is 27.8 Å². The van der Waals surface area contributed by atoms with Crippen molar-refractivity contribution in [1.29, 1.82) is 0 Å². The molecule has 0 fully saturated rings. The minimum atomic E-state index is 0.700. The molecule has 1 heterocycles. The van der Waals surface area contributed by atoms with Gasteiger partial charge in [0.15, 0.2) is 5.82 Å². The van der Waals surface area contributed by atoms with E-state index in [1.54, 1.807) is 7.11 Å². The van der Waals surface area contributed by atoms with Gasteiger partial charge in [0.05, 0.1) is 7.11 Å². The number of halogens is 1. The fourth-order valence-electron chi connectivity index (χ4n) is 2.26. The van der Waals surface area contributed by atoms with Gasteiger partial charge in [0.2, 0.25) is 0 Å². The Balaban J connectivity index is 2.59. The van der Waals surface area contributed by atoms with Crippen LogP contribution in [-0.2, 0) is 6.42 Å². The maximum absolute atomic E-state index is 5.29. The standard InChI is InChI=1S/C16H20BrN3O/c1-5-12-10(3)19-16(20-15(12)18-6-2)13-9-11(21-4)7-8-14(13)17/h7-9H,5-6H2,1-4H3,(H,18,19,20). The molecule has 0 aliphatic carbocycles. The molecule has 0 amide bonds. The molecule has 2 aromatic rings. The normalized spacial score (nSPS) is 10.5. The Labute approximate surface area is 134 Å². The number of aromatic nitrogens is 2. The van der Waals surface area contributed by atoms with Crippen molar-refractivity contribution in [3.8, 4) is 17.1 Å². The molecule has 4 nitrogen and oxygen atoms in total. The number of nitrogens with zero attached hydrogens (tertiary/aromatic N) is 2. The van der Waals surface area contributed by atoms with Gasteiger partial charge in [-0.3, -0.25) is 0 Å². The summed E-state index contributed by atoms with van der Waals surface area (Å²) in [6.45, 7) is 7.05. The Bertz CT molecular complexity index is 644. The highest BCUT2D eigenvalue weighted by Gasteiger charge is 2.14. The fraction of sp³-hybridized carbons (Fsp3) is 0.375. The van der Waals surface area contributed by atoms with E-state index in [0.29, 0.717) is 5.82 Å². The number of hydrogen-bond acceptors (Lipinski definition) is 4. The van der Waals surface area contributed by atoms with Crippen LogP contribution in [0.5, 0.6) is 5.75 Å². The molecule has 5 heteroatoms. The Kier molecular flexibility index (Phi) is 5.17. The molecule has 1 N–H and O–H groups in total. The number of benzene rings is 1. The van der Waals surface area contributed by atoms with Crippen molar-refractivity contribution in [3.63, 3.8) is 0 Å². The first-order chi connectivity index (χ1) is 10.1. The smallest absolute Gasteiger partial charge is 0.163 e. The lowest BCUT2D eigenvalue weighted by Gasteiger charge is -2.14. The van der Waals surface area contributed by atoms with Crippen LogP contribution in [0.25, 0.3) is 11.4 Å². The van der Waals surface area contributed by atoms with Crippen molar-refractivity contribution < 1.29 is 4.74 Å². The van der Waals surface area contributed by atoms with Crippen molar-refractivity contribution in [2.75, 3.05) is 19.0 Å². The topological polar surface area (TPSA) is 47.0 Å². The zero-order valence-electron chi connectivity index (χ0n) is 12.8. The highest BCUT2D eigenvalue weighted by Crippen LogP contribution is 2.31. The Hall–Kier alpha value is -1.62. The van der Waals surface area contributed by atoms with Gasteiger partial charge >= 0.3 is 0 Å². The van der Waals surface area contributed by atoms with E-state index in [2.05, 4.69) is 40.1 Å². The number of aryl methyl sites for hydroxylation is 1. The Morgan fingerprint density at radius 3 is 2.62 bits per heavy atom. The molecule has 2 rings (SSSR count). The van der Waals surface area contributed by atoms with E-state index in [-0.39, 0.29) is 0 Å². The van der Waals surface area contributed by atoms with E-state index in [4.69, 9.17) is 9.72 Å². The quantitative estimate of drug-likeness (QED) is 0.877. The van der Waals surface area contributed by atoms with Crippen molar-refractivity contribution in [1.82, 2.24) is 9.97 Å². The van der Waals surface area contributed by atoms with Crippen LogP contribution in [-0.4, -0.2) is 23.6 Å². The minimum absolute atomic E-state index is 0.700. The van der Waals surface area contributed by atoms with E-state index < -0.39 is 0 Å². The summed E-state index contributed by atoms with van der Waals surface area (Å²) in [4.78, 5) is 9.35. The van der Waals surface area contributed by atoms with Gasteiger partial charge in [-0.25, -0.2) is 9.97 Å². The van der Waals surface area contributed by atoms with E-state index >= 15 is 0 Å².